The average molecular weight is 374 g/mol. The Kier molecular flexibility index (Phi) is 7.18. The second kappa shape index (κ2) is 9.36. The molecule has 3 N–H and O–H groups in total. The maximum atomic E-state index is 12.6. The Hall–Kier alpha value is -2.37. The lowest BCUT2D eigenvalue weighted by Crippen LogP contribution is -2.47. The molecule has 2 atom stereocenters. The van der Waals surface area contributed by atoms with Gasteiger partial charge in [-0.15, -0.1) is 12.4 Å². The van der Waals surface area contributed by atoms with Gasteiger partial charge in [-0.05, 0) is 30.5 Å². The van der Waals surface area contributed by atoms with E-state index in [0.29, 0.717) is 25.1 Å². The summed E-state index contributed by atoms with van der Waals surface area (Å²) in [6.07, 6.45) is 1.52. The molecule has 0 radical (unpaired) electrons. The molecular formula is C20H24ClN3O2. The van der Waals surface area contributed by atoms with E-state index in [-0.39, 0.29) is 30.3 Å². The van der Waals surface area contributed by atoms with Crippen LogP contribution in [0.2, 0.25) is 0 Å². The van der Waals surface area contributed by atoms with Crippen LogP contribution in [0.15, 0.2) is 60.7 Å². The number of nitrogens with two attached hydrogens (primary N) is 1. The van der Waals surface area contributed by atoms with Gasteiger partial charge in [0.25, 0.3) is 5.91 Å². The molecule has 138 valence electrons. The van der Waals surface area contributed by atoms with Gasteiger partial charge in [-0.2, -0.15) is 0 Å². The normalized spacial score (nSPS) is 17.3. The van der Waals surface area contributed by atoms with Crippen molar-refractivity contribution < 1.29 is 9.59 Å². The zero-order valence-corrected chi connectivity index (χ0v) is 15.3. The minimum Gasteiger partial charge on any atom is -0.352 e. The lowest BCUT2D eigenvalue weighted by Gasteiger charge is -2.24. The summed E-state index contributed by atoms with van der Waals surface area (Å²) in [6, 6.07) is 18.1. The second-order valence-corrected chi connectivity index (χ2v) is 6.28. The molecule has 2 aromatic carbocycles. The molecule has 2 amide bonds. The highest BCUT2D eigenvalue weighted by Gasteiger charge is 2.34. The Labute approximate surface area is 160 Å². The third-order valence-corrected chi connectivity index (χ3v) is 4.56. The van der Waals surface area contributed by atoms with Crippen LogP contribution in [0.1, 0.15) is 34.8 Å². The number of benzene rings is 2. The van der Waals surface area contributed by atoms with E-state index in [9.17, 15) is 9.59 Å². The van der Waals surface area contributed by atoms with Crippen molar-refractivity contribution in [1.82, 2.24) is 10.2 Å². The highest BCUT2D eigenvalue weighted by molar-refractivity contribution is 5.97. The summed E-state index contributed by atoms with van der Waals surface area (Å²) < 4.78 is 0. The van der Waals surface area contributed by atoms with Crippen LogP contribution >= 0.6 is 12.4 Å². The van der Waals surface area contributed by atoms with Crippen molar-refractivity contribution in [2.75, 3.05) is 13.1 Å². The Morgan fingerprint density at radius 3 is 2.35 bits per heavy atom. The summed E-state index contributed by atoms with van der Waals surface area (Å²) in [7, 11) is 0. The summed E-state index contributed by atoms with van der Waals surface area (Å²) >= 11 is 0. The smallest absolute Gasteiger partial charge is 0.254 e. The number of nitrogens with zero attached hydrogens (tertiary/aromatic N) is 1. The minimum absolute atomic E-state index is 0. The second-order valence-electron chi connectivity index (χ2n) is 6.28. The van der Waals surface area contributed by atoms with E-state index in [4.69, 9.17) is 5.73 Å². The monoisotopic (exact) mass is 373 g/mol. The van der Waals surface area contributed by atoms with Gasteiger partial charge in [-0.3, -0.25) is 9.59 Å². The van der Waals surface area contributed by atoms with E-state index in [1.54, 1.807) is 17.0 Å². The number of hydrogen-bond acceptors (Lipinski definition) is 3. The van der Waals surface area contributed by atoms with Crippen LogP contribution in [0.5, 0.6) is 0 Å². The van der Waals surface area contributed by atoms with Gasteiger partial charge in [0.05, 0.1) is 0 Å². The standard InChI is InChI=1S/C20H23N3O2.ClH/c21-17(15-8-3-1-4-9-15)14-22-19(24)18-12-7-13-23(18)20(25)16-10-5-2-6-11-16;/h1-6,8-11,17-18H,7,12-14,21H2,(H,22,24);1H. The first kappa shape index (κ1) is 19.9. The molecule has 0 bridgehead atoms. The topological polar surface area (TPSA) is 75.4 Å². The molecule has 5 nitrogen and oxygen atoms in total. The molecule has 1 saturated heterocycles. The molecule has 1 aliphatic rings. The summed E-state index contributed by atoms with van der Waals surface area (Å²) in [5.41, 5.74) is 7.72. The molecule has 1 aliphatic heterocycles. The molecule has 0 saturated carbocycles. The van der Waals surface area contributed by atoms with Crippen LogP contribution in [0.25, 0.3) is 0 Å². The zero-order chi connectivity index (χ0) is 17.6. The zero-order valence-electron chi connectivity index (χ0n) is 14.5. The van der Waals surface area contributed by atoms with Gasteiger partial charge < -0.3 is 16.0 Å². The first-order valence-corrected chi connectivity index (χ1v) is 8.61. The highest BCUT2D eigenvalue weighted by Crippen LogP contribution is 2.20. The van der Waals surface area contributed by atoms with Crippen molar-refractivity contribution in [3.63, 3.8) is 0 Å². The SMILES string of the molecule is Cl.NC(CNC(=O)C1CCCN1C(=O)c1ccccc1)c1ccccc1. The summed E-state index contributed by atoms with van der Waals surface area (Å²) in [5, 5.41) is 2.90. The average Bonchev–Trinajstić information content (AvgIpc) is 3.16. The summed E-state index contributed by atoms with van der Waals surface area (Å²) in [4.78, 5) is 26.9. The fraction of sp³-hybridized carbons (Fsp3) is 0.300. The highest BCUT2D eigenvalue weighted by atomic mass is 35.5. The summed E-state index contributed by atoms with van der Waals surface area (Å²) in [5.74, 6) is -0.223. The van der Waals surface area contributed by atoms with Crippen molar-refractivity contribution in [3.05, 3.63) is 71.8 Å². The number of carbonyl (C=O) groups excluding carboxylic acids is 2. The van der Waals surface area contributed by atoms with Crippen molar-refractivity contribution in [1.29, 1.82) is 0 Å². The predicted molar refractivity (Wildman–Crippen MR) is 104 cm³/mol. The number of halogens is 1. The van der Waals surface area contributed by atoms with Gasteiger partial charge in [-0.1, -0.05) is 48.5 Å². The fourth-order valence-electron chi connectivity index (χ4n) is 3.18. The first-order chi connectivity index (χ1) is 12.2. The van der Waals surface area contributed by atoms with Crippen LogP contribution in [0, 0.1) is 0 Å². The number of rotatable bonds is 5. The Morgan fingerprint density at radius 1 is 1.08 bits per heavy atom. The van der Waals surface area contributed by atoms with Crippen LogP contribution in [0.3, 0.4) is 0 Å². The number of nitrogens with one attached hydrogen (secondary N) is 1. The van der Waals surface area contributed by atoms with E-state index in [0.717, 1.165) is 12.0 Å². The lowest BCUT2D eigenvalue weighted by atomic mass is 10.1. The van der Waals surface area contributed by atoms with E-state index in [2.05, 4.69) is 5.32 Å². The van der Waals surface area contributed by atoms with Crippen LogP contribution in [-0.2, 0) is 4.79 Å². The van der Waals surface area contributed by atoms with Crippen molar-refractivity contribution in [3.8, 4) is 0 Å². The summed E-state index contributed by atoms with van der Waals surface area (Å²) in [6.45, 7) is 0.962. The van der Waals surface area contributed by atoms with Crippen LogP contribution in [-0.4, -0.2) is 35.8 Å². The molecule has 1 heterocycles. The Morgan fingerprint density at radius 2 is 1.69 bits per heavy atom. The largest absolute Gasteiger partial charge is 0.352 e. The van der Waals surface area contributed by atoms with Crippen LogP contribution in [0.4, 0.5) is 0 Å². The molecule has 26 heavy (non-hydrogen) atoms. The van der Waals surface area contributed by atoms with Crippen molar-refractivity contribution in [2.24, 2.45) is 5.73 Å². The fourth-order valence-corrected chi connectivity index (χ4v) is 3.18. The van der Waals surface area contributed by atoms with Gasteiger partial charge >= 0.3 is 0 Å². The van der Waals surface area contributed by atoms with Crippen molar-refractivity contribution >= 4 is 24.2 Å². The maximum Gasteiger partial charge on any atom is 0.254 e. The molecule has 3 rings (SSSR count). The van der Waals surface area contributed by atoms with Crippen LogP contribution < -0.4 is 11.1 Å². The third-order valence-electron chi connectivity index (χ3n) is 4.56. The molecule has 6 heteroatoms. The first-order valence-electron chi connectivity index (χ1n) is 8.61. The van der Waals surface area contributed by atoms with E-state index in [1.165, 1.54) is 0 Å². The third kappa shape index (κ3) is 4.62. The van der Waals surface area contributed by atoms with E-state index >= 15 is 0 Å². The Balaban J connectivity index is 0.00000243. The van der Waals surface area contributed by atoms with E-state index < -0.39 is 6.04 Å². The number of amides is 2. The molecule has 1 fully saturated rings. The van der Waals surface area contributed by atoms with Gasteiger partial charge in [0, 0.05) is 24.7 Å². The number of hydrogen-bond donors (Lipinski definition) is 2. The lowest BCUT2D eigenvalue weighted by molar-refractivity contribution is -0.124. The molecule has 0 spiro atoms. The molecule has 2 aromatic rings. The molecule has 0 aliphatic carbocycles. The quantitative estimate of drug-likeness (QED) is 0.845. The molecule has 2 unspecified atom stereocenters. The maximum absolute atomic E-state index is 12.6. The van der Waals surface area contributed by atoms with Gasteiger partial charge in [0.15, 0.2) is 0 Å². The van der Waals surface area contributed by atoms with E-state index in [1.807, 2.05) is 48.5 Å². The van der Waals surface area contributed by atoms with Gasteiger partial charge in [-0.25, -0.2) is 0 Å². The van der Waals surface area contributed by atoms with Gasteiger partial charge in [0.2, 0.25) is 5.91 Å². The molecule has 0 aromatic heterocycles. The molecular weight excluding hydrogens is 350 g/mol. The number of likely N-dealkylation sites (tertiary alicyclic amines) is 1. The minimum atomic E-state index is -0.421. The predicted octanol–water partition coefficient (Wildman–Crippen LogP) is 2.53. The number of carbonyl (C=O) groups is 2. The van der Waals surface area contributed by atoms with Gasteiger partial charge in [0.1, 0.15) is 6.04 Å². The Bertz CT molecular complexity index is 724. The van der Waals surface area contributed by atoms with Crippen molar-refractivity contribution in [2.45, 2.75) is 24.9 Å².